The lowest BCUT2D eigenvalue weighted by atomic mass is 10.2. The number of aliphatic hydroxyl groups is 1. The van der Waals surface area contributed by atoms with Gasteiger partial charge in [-0.25, -0.2) is 4.98 Å². The Morgan fingerprint density at radius 3 is 3.00 bits per heavy atom. The van der Waals surface area contributed by atoms with Crippen LogP contribution in [0.2, 0.25) is 5.02 Å². The van der Waals surface area contributed by atoms with Gasteiger partial charge in [0.2, 0.25) is 5.91 Å². The summed E-state index contributed by atoms with van der Waals surface area (Å²) in [4.78, 5) is 15.3. The molecule has 0 saturated heterocycles. The normalized spacial score (nSPS) is 10.0. The van der Waals surface area contributed by atoms with Crippen LogP contribution in [0.4, 0.5) is 5.82 Å². The third kappa shape index (κ3) is 4.76. The second-order valence-electron chi connectivity index (χ2n) is 3.09. The van der Waals surface area contributed by atoms with E-state index in [0.717, 1.165) is 0 Å². The number of carbonyl (C=O) groups is 1. The first kappa shape index (κ1) is 11.9. The second-order valence-corrected chi connectivity index (χ2v) is 3.52. The van der Waals surface area contributed by atoms with Gasteiger partial charge in [-0.05, 0) is 25.0 Å². The van der Waals surface area contributed by atoms with E-state index in [1.165, 1.54) is 6.20 Å². The Kier molecular flexibility index (Phi) is 5.07. The smallest absolute Gasteiger partial charge is 0.225 e. The van der Waals surface area contributed by atoms with Crippen molar-refractivity contribution in [3.05, 3.63) is 23.4 Å². The number of anilines is 1. The van der Waals surface area contributed by atoms with E-state index in [2.05, 4.69) is 10.3 Å². The van der Waals surface area contributed by atoms with Crippen molar-refractivity contribution in [2.45, 2.75) is 19.3 Å². The van der Waals surface area contributed by atoms with E-state index in [0.29, 0.717) is 30.1 Å². The molecule has 0 bridgehead atoms. The van der Waals surface area contributed by atoms with E-state index >= 15 is 0 Å². The van der Waals surface area contributed by atoms with Crippen LogP contribution in [0.25, 0.3) is 0 Å². The minimum Gasteiger partial charge on any atom is -0.396 e. The second kappa shape index (κ2) is 6.37. The fraction of sp³-hybridized carbons (Fsp3) is 0.400. The number of halogens is 1. The molecule has 82 valence electrons. The fourth-order valence-electron chi connectivity index (χ4n) is 1.08. The Morgan fingerprint density at radius 2 is 2.33 bits per heavy atom. The van der Waals surface area contributed by atoms with Crippen LogP contribution in [0.15, 0.2) is 18.3 Å². The van der Waals surface area contributed by atoms with Gasteiger partial charge >= 0.3 is 0 Å². The van der Waals surface area contributed by atoms with Gasteiger partial charge in [0.15, 0.2) is 0 Å². The van der Waals surface area contributed by atoms with Crippen molar-refractivity contribution in [1.29, 1.82) is 0 Å². The first-order valence-corrected chi connectivity index (χ1v) is 5.12. The predicted molar refractivity (Wildman–Crippen MR) is 58.8 cm³/mol. The molecule has 0 aromatic carbocycles. The van der Waals surface area contributed by atoms with Crippen LogP contribution >= 0.6 is 11.6 Å². The molecule has 0 aliphatic carbocycles. The first-order valence-electron chi connectivity index (χ1n) is 4.74. The molecule has 0 fully saturated rings. The predicted octanol–water partition coefficient (Wildman–Crippen LogP) is 1.84. The molecule has 15 heavy (non-hydrogen) atoms. The van der Waals surface area contributed by atoms with Crippen LogP contribution in [0.5, 0.6) is 0 Å². The molecule has 0 unspecified atom stereocenters. The summed E-state index contributed by atoms with van der Waals surface area (Å²) in [6.45, 7) is 0.114. The summed E-state index contributed by atoms with van der Waals surface area (Å²) in [6.07, 6.45) is 3.22. The standard InChI is InChI=1S/C10H13ClN2O2/c11-8-4-5-12-9(7-8)13-10(15)3-1-2-6-14/h4-5,7,14H,1-3,6H2,(H,12,13,15). The molecule has 2 N–H and O–H groups in total. The van der Waals surface area contributed by atoms with Crippen molar-refractivity contribution >= 4 is 23.3 Å². The van der Waals surface area contributed by atoms with Crippen LogP contribution in [-0.4, -0.2) is 22.6 Å². The average molecular weight is 229 g/mol. The molecule has 1 rings (SSSR count). The minimum absolute atomic E-state index is 0.113. The Balaban J connectivity index is 2.37. The van der Waals surface area contributed by atoms with Crippen molar-refractivity contribution in [1.82, 2.24) is 4.98 Å². The quantitative estimate of drug-likeness (QED) is 0.756. The monoisotopic (exact) mass is 228 g/mol. The number of amides is 1. The number of nitrogens with one attached hydrogen (secondary N) is 1. The summed E-state index contributed by atoms with van der Waals surface area (Å²) in [5.41, 5.74) is 0. The van der Waals surface area contributed by atoms with Crippen molar-refractivity contribution in [2.24, 2.45) is 0 Å². The zero-order valence-electron chi connectivity index (χ0n) is 8.24. The molecule has 0 spiro atoms. The Hall–Kier alpha value is -1.13. The minimum atomic E-state index is -0.113. The largest absolute Gasteiger partial charge is 0.396 e. The third-order valence-corrected chi connectivity index (χ3v) is 2.04. The van der Waals surface area contributed by atoms with Gasteiger partial charge < -0.3 is 10.4 Å². The molecule has 1 aromatic heterocycles. The van der Waals surface area contributed by atoms with Crippen molar-refractivity contribution in [3.8, 4) is 0 Å². The van der Waals surface area contributed by atoms with Gasteiger partial charge in [-0.3, -0.25) is 4.79 Å². The molecular weight excluding hydrogens is 216 g/mol. The molecule has 1 heterocycles. The SMILES string of the molecule is O=C(CCCCO)Nc1cc(Cl)ccn1. The van der Waals surface area contributed by atoms with Crippen molar-refractivity contribution in [3.63, 3.8) is 0 Å². The Labute approximate surface area is 93.3 Å². The van der Waals surface area contributed by atoms with E-state index in [-0.39, 0.29) is 12.5 Å². The van der Waals surface area contributed by atoms with E-state index in [1.807, 2.05) is 0 Å². The van der Waals surface area contributed by atoms with E-state index in [1.54, 1.807) is 12.1 Å². The van der Waals surface area contributed by atoms with Gasteiger partial charge in [-0.1, -0.05) is 11.6 Å². The van der Waals surface area contributed by atoms with Crippen LogP contribution in [-0.2, 0) is 4.79 Å². The third-order valence-electron chi connectivity index (χ3n) is 1.80. The number of rotatable bonds is 5. The molecule has 0 aliphatic rings. The number of aromatic nitrogens is 1. The van der Waals surface area contributed by atoms with E-state index in [4.69, 9.17) is 16.7 Å². The topological polar surface area (TPSA) is 62.2 Å². The van der Waals surface area contributed by atoms with Crippen LogP contribution in [0.1, 0.15) is 19.3 Å². The van der Waals surface area contributed by atoms with Crippen molar-refractivity contribution < 1.29 is 9.90 Å². The molecular formula is C10H13ClN2O2. The highest BCUT2D eigenvalue weighted by Gasteiger charge is 2.02. The number of nitrogens with zero attached hydrogens (tertiary/aromatic N) is 1. The lowest BCUT2D eigenvalue weighted by Crippen LogP contribution is -2.12. The maximum absolute atomic E-state index is 11.3. The molecule has 0 atom stereocenters. The van der Waals surface area contributed by atoms with Crippen LogP contribution in [0.3, 0.4) is 0 Å². The molecule has 5 heteroatoms. The highest BCUT2D eigenvalue weighted by atomic mass is 35.5. The number of hydrogen-bond donors (Lipinski definition) is 2. The number of carbonyl (C=O) groups excluding carboxylic acids is 1. The Bertz CT molecular complexity index is 331. The van der Waals surface area contributed by atoms with Gasteiger partial charge in [-0.2, -0.15) is 0 Å². The van der Waals surface area contributed by atoms with Crippen LogP contribution in [0, 0.1) is 0 Å². The number of pyridine rings is 1. The van der Waals surface area contributed by atoms with E-state index < -0.39 is 0 Å². The number of unbranched alkanes of at least 4 members (excludes halogenated alkanes) is 1. The molecule has 1 aromatic rings. The molecule has 1 amide bonds. The summed E-state index contributed by atoms with van der Waals surface area (Å²) in [5, 5.41) is 11.7. The molecule has 0 radical (unpaired) electrons. The van der Waals surface area contributed by atoms with Gasteiger partial charge in [0, 0.05) is 24.2 Å². The van der Waals surface area contributed by atoms with Crippen molar-refractivity contribution in [2.75, 3.05) is 11.9 Å². The lowest BCUT2D eigenvalue weighted by Gasteiger charge is -2.03. The maximum atomic E-state index is 11.3. The number of hydrogen-bond acceptors (Lipinski definition) is 3. The summed E-state index contributed by atoms with van der Waals surface area (Å²) in [6, 6.07) is 3.23. The van der Waals surface area contributed by atoms with Gasteiger partial charge in [0.05, 0.1) is 0 Å². The summed E-state index contributed by atoms with van der Waals surface area (Å²) >= 11 is 5.73. The van der Waals surface area contributed by atoms with Gasteiger partial charge in [0.1, 0.15) is 5.82 Å². The zero-order valence-corrected chi connectivity index (χ0v) is 9.00. The molecule has 0 aliphatic heterocycles. The molecule has 0 saturated carbocycles. The number of aliphatic hydroxyl groups excluding tert-OH is 1. The summed E-state index contributed by atoms with van der Waals surface area (Å²) < 4.78 is 0. The lowest BCUT2D eigenvalue weighted by molar-refractivity contribution is -0.116. The van der Waals surface area contributed by atoms with Gasteiger partial charge in [0.25, 0.3) is 0 Å². The highest BCUT2D eigenvalue weighted by Crippen LogP contribution is 2.12. The molecule has 4 nitrogen and oxygen atoms in total. The summed E-state index contributed by atoms with van der Waals surface area (Å²) in [7, 11) is 0. The van der Waals surface area contributed by atoms with Crippen LogP contribution < -0.4 is 5.32 Å². The maximum Gasteiger partial charge on any atom is 0.225 e. The summed E-state index contributed by atoms with van der Waals surface area (Å²) in [5.74, 6) is 0.342. The van der Waals surface area contributed by atoms with Gasteiger partial charge in [-0.15, -0.1) is 0 Å². The Morgan fingerprint density at radius 1 is 1.53 bits per heavy atom. The highest BCUT2D eigenvalue weighted by molar-refractivity contribution is 6.30. The average Bonchev–Trinajstić information content (AvgIpc) is 2.18. The van der Waals surface area contributed by atoms with E-state index in [9.17, 15) is 4.79 Å². The fourth-order valence-corrected chi connectivity index (χ4v) is 1.24. The zero-order chi connectivity index (χ0) is 11.1. The first-order chi connectivity index (χ1) is 7.22.